The minimum absolute atomic E-state index is 0.0924. The first-order valence-corrected chi connectivity index (χ1v) is 9.67. The molecule has 2 amide bonds. The van der Waals surface area contributed by atoms with Crippen molar-refractivity contribution in [1.82, 2.24) is 5.43 Å². The fraction of sp³-hybridized carbons (Fsp3) is 0.0455. The van der Waals surface area contributed by atoms with Crippen molar-refractivity contribution in [1.29, 1.82) is 0 Å². The van der Waals surface area contributed by atoms with Crippen molar-refractivity contribution in [3.8, 4) is 5.75 Å². The number of hydrogen-bond acceptors (Lipinski definition) is 4. The van der Waals surface area contributed by atoms with Crippen LogP contribution >= 0.6 is 15.9 Å². The summed E-state index contributed by atoms with van der Waals surface area (Å²) >= 11 is 3.38. The van der Waals surface area contributed by atoms with Crippen LogP contribution in [0.2, 0.25) is 0 Å². The van der Waals surface area contributed by atoms with Gasteiger partial charge in [0.25, 0.3) is 0 Å². The molecule has 0 saturated carbocycles. The Hall–Kier alpha value is -3.52. The smallest absolute Gasteiger partial charge is 0.329 e. The van der Waals surface area contributed by atoms with E-state index < -0.39 is 17.6 Å². The summed E-state index contributed by atoms with van der Waals surface area (Å²) in [5.74, 6) is -2.16. The van der Waals surface area contributed by atoms with Gasteiger partial charge in [-0.1, -0.05) is 58.4 Å². The zero-order valence-corrected chi connectivity index (χ0v) is 17.2. The van der Waals surface area contributed by atoms with E-state index in [2.05, 4.69) is 31.8 Å². The Morgan fingerprint density at radius 1 is 1.00 bits per heavy atom. The van der Waals surface area contributed by atoms with Gasteiger partial charge in [0.05, 0.1) is 11.9 Å². The molecule has 0 radical (unpaired) electrons. The fourth-order valence-corrected chi connectivity index (χ4v) is 2.82. The topological polar surface area (TPSA) is 79.8 Å². The van der Waals surface area contributed by atoms with Crippen molar-refractivity contribution >= 4 is 39.6 Å². The van der Waals surface area contributed by atoms with Gasteiger partial charge in [0.1, 0.15) is 18.2 Å². The Balaban J connectivity index is 1.62. The van der Waals surface area contributed by atoms with Gasteiger partial charge >= 0.3 is 11.8 Å². The molecule has 8 heteroatoms. The van der Waals surface area contributed by atoms with E-state index in [-0.39, 0.29) is 5.69 Å². The molecule has 0 heterocycles. The molecule has 0 unspecified atom stereocenters. The molecule has 0 saturated heterocycles. The zero-order valence-electron chi connectivity index (χ0n) is 15.6. The van der Waals surface area contributed by atoms with Crippen LogP contribution < -0.4 is 15.5 Å². The van der Waals surface area contributed by atoms with Crippen LogP contribution in [-0.4, -0.2) is 18.0 Å². The molecule has 0 spiro atoms. The lowest BCUT2D eigenvalue weighted by Gasteiger charge is -2.09. The number of nitrogens with one attached hydrogen (secondary N) is 2. The lowest BCUT2D eigenvalue weighted by molar-refractivity contribution is -0.136. The number of rotatable bonds is 6. The molecule has 3 rings (SSSR count). The van der Waals surface area contributed by atoms with Crippen molar-refractivity contribution in [3.05, 3.63) is 94.2 Å². The van der Waals surface area contributed by atoms with Gasteiger partial charge in [0.2, 0.25) is 0 Å². The molecular formula is C22H17BrFN3O3. The number of carbonyl (C=O) groups excluding carboxylic acids is 2. The largest absolute Gasteiger partial charge is 0.488 e. The average Bonchev–Trinajstić information content (AvgIpc) is 2.75. The molecule has 0 bridgehead atoms. The van der Waals surface area contributed by atoms with Gasteiger partial charge < -0.3 is 10.1 Å². The van der Waals surface area contributed by atoms with Gasteiger partial charge in [-0.15, -0.1) is 0 Å². The molecule has 0 aliphatic heterocycles. The number of amides is 2. The van der Waals surface area contributed by atoms with Crippen molar-refractivity contribution in [2.45, 2.75) is 6.61 Å². The van der Waals surface area contributed by atoms with E-state index in [0.717, 1.165) is 10.0 Å². The molecule has 2 N–H and O–H groups in total. The predicted octanol–water partition coefficient (Wildman–Crippen LogP) is 4.26. The highest BCUT2D eigenvalue weighted by Crippen LogP contribution is 2.22. The first-order chi connectivity index (χ1) is 14.5. The van der Waals surface area contributed by atoms with Crippen molar-refractivity contribution < 1.29 is 18.7 Å². The van der Waals surface area contributed by atoms with Crippen LogP contribution in [-0.2, 0) is 16.2 Å². The molecule has 6 nitrogen and oxygen atoms in total. The summed E-state index contributed by atoms with van der Waals surface area (Å²) < 4.78 is 20.2. The van der Waals surface area contributed by atoms with E-state index in [4.69, 9.17) is 4.74 Å². The summed E-state index contributed by atoms with van der Waals surface area (Å²) in [5.41, 5.74) is 3.62. The fourth-order valence-electron chi connectivity index (χ4n) is 2.44. The van der Waals surface area contributed by atoms with Gasteiger partial charge in [-0.2, -0.15) is 5.10 Å². The average molecular weight is 470 g/mol. The highest BCUT2D eigenvalue weighted by atomic mass is 79.9. The third-order valence-corrected chi connectivity index (χ3v) is 4.40. The molecule has 152 valence electrons. The number of nitrogens with zero attached hydrogens (tertiary/aromatic N) is 1. The molecule has 0 fully saturated rings. The van der Waals surface area contributed by atoms with E-state index in [9.17, 15) is 14.0 Å². The lowest BCUT2D eigenvalue weighted by atomic mass is 10.2. The molecule has 3 aromatic carbocycles. The quantitative estimate of drug-likeness (QED) is 0.321. The molecule has 0 atom stereocenters. The van der Waals surface area contributed by atoms with Gasteiger partial charge in [-0.3, -0.25) is 9.59 Å². The van der Waals surface area contributed by atoms with E-state index in [1.54, 1.807) is 18.2 Å². The number of hydrogen-bond donors (Lipinski definition) is 2. The van der Waals surface area contributed by atoms with E-state index in [1.807, 2.05) is 36.4 Å². The molecule has 30 heavy (non-hydrogen) atoms. The Bertz CT molecular complexity index is 1070. The standard InChI is InChI=1S/C22H17BrFN3O3/c23-17-10-11-20(30-14-15-6-2-1-3-7-15)16(12-17)13-25-27-22(29)21(28)26-19-9-5-4-8-18(19)24/h1-13H,14H2,(H,26,28)(H,27,29)/b25-13-. The van der Waals surface area contributed by atoms with Crippen LogP contribution in [0.1, 0.15) is 11.1 Å². The minimum atomic E-state index is -1.04. The summed E-state index contributed by atoms with van der Waals surface area (Å²) in [7, 11) is 0. The number of halogens is 2. The van der Waals surface area contributed by atoms with E-state index in [1.165, 1.54) is 24.4 Å². The SMILES string of the molecule is O=C(N/N=C\c1cc(Br)ccc1OCc1ccccc1)C(=O)Nc1ccccc1F. The van der Waals surface area contributed by atoms with Gasteiger partial charge in [0, 0.05) is 10.0 Å². The molecule has 0 aliphatic rings. The third kappa shape index (κ3) is 5.99. The van der Waals surface area contributed by atoms with Crippen LogP contribution in [0.5, 0.6) is 5.75 Å². The maximum atomic E-state index is 13.6. The summed E-state index contributed by atoms with van der Waals surface area (Å²) in [6.07, 6.45) is 1.36. The van der Waals surface area contributed by atoms with Gasteiger partial charge in [-0.25, -0.2) is 9.82 Å². The van der Waals surface area contributed by atoms with Crippen LogP contribution in [0.3, 0.4) is 0 Å². The maximum Gasteiger partial charge on any atom is 0.329 e. The normalized spacial score (nSPS) is 10.6. The van der Waals surface area contributed by atoms with Gasteiger partial charge in [0.15, 0.2) is 0 Å². The number of anilines is 1. The first kappa shape index (κ1) is 21.2. The summed E-state index contributed by atoms with van der Waals surface area (Å²) in [6.45, 7) is 0.362. The molecule has 0 aromatic heterocycles. The second-order valence-corrected chi connectivity index (χ2v) is 7.01. The van der Waals surface area contributed by atoms with E-state index in [0.29, 0.717) is 17.9 Å². The maximum absolute atomic E-state index is 13.6. The van der Waals surface area contributed by atoms with E-state index >= 15 is 0 Å². The number of hydrazone groups is 1. The number of carbonyl (C=O) groups is 2. The second kappa shape index (κ2) is 10.3. The van der Waals surface area contributed by atoms with Crippen LogP contribution in [0.15, 0.2) is 82.4 Å². The summed E-state index contributed by atoms with van der Waals surface area (Å²) in [4.78, 5) is 23.8. The van der Waals surface area contributed by atoms with Crippen LogP contribution in [0.25, 0.3) is 0 Å². The molecule has 3 aromatic rings. The van der Waals surface area contributed by atoms with Crippen molar-refractivity contribution in [2.75, 3.05) is 5.32 Å². The molecular weight excluding hydrogens is 453 g/mol. The number of para-hydroxylation sites is 1. The zero-order chi connectivity index (χ0) is 21.3. The lowest BCUT2D eigenvalue weighted by Crippen LogP contribution is -2.32. The predicted molar refractivity (Wildman–Crippen MR) is 116 cm³/mol. The third-order valence-electron chi connectivity index (χ3n) is 3.91. The summed E-state index contributed by atoms with van der Waals surface area (Å²) in [6, 6.07) is 20.5. The second-order valence-electron chi connectivity index (χ2n) is 6.09. The molecule has 0 aliphatic carbocycles. The number of ether oxygens (including phenoxy) is 1. The first-order valence-electron chi connectivity index (χ1n) is 8.88. The monoisotopic (exact) mass is 469 g/mol. The minimum Gasteiger partial charge on any atom is -0.488 e. The Morgan fingerprint density at radius 2 is 1.73 bits per heavy atom. The van der Waals surface area contributed by atoms with Crippen molar-refractivity contribution in [2.24, 2.45) is 5.10 Å². The number of benzene rings is 3. The summed E-state index contributed by atoms with van der Waals surface area (Å²) in [5, 5.41) is 5.99. The Morgan fingerprint density at radius 3 is 2.50 bits per heavy atom. The highest BCUT2D eigenvalue weighted by molar-refractivity contribution is 9.10. The highest BCUT2D eigenvalue weighted by Gasteiger charge is 2.14. The van der Waals surface area contributed by atoms with Gasteiger partial charge in [-0.05, 0) is 35.9 Å². The Kier molecular flexibility index (Phi) is 7.29. The van der Waals surface area contributed by atoms with Crippen LogP contribution in [0, 0.1) is 5.82 Å². The van der Waals surface area contributed by atoms with Crippen molar-refractivity contribution in [3.63, 3.8) is 0 Å². The van der Waals surface area contributed by atoms with Crippen LogP contribution in [0.4, 0.5) is 10.1 Å². The Labute approximate surface area is 180 Å².